The molecule has 3 aromatic carbocycles. The van der Waals surface area contributed by atoms with Crippen molar-refractivity contribution in [2.45, 2.75) is 15.9 Å². The monoisotopic (exact) mass is 408 g/mol. The van der Waals surface area contributed by atoms with Crippen LogP contribution >= 0.6 is 23.4 Å². The van der Waals surface area contributed by atoms with E-state index >= 15 is 0 Å². The van der Waals surface area contributed by atoms with Crippen molar-refractivity contribution in [2.75, 3.05) is 6.54 Å². The van der Waals surface area contributed by atoms with Crippen LogP contribution in [0.15, 0.2) is 82.6 Å². The number of nitriles is 1. The van der Waals surface area contributed by atoms with E-state index in [0.717, 1.165) is 9.79 Å². The van der Waals surface area contributed by atoms with E-state index in [-0.39, 0.29) is 12.5 Å². The van der Waals surface area contributed by atoms with Gasteiger partial charge in [0.25, 0.3) is 5.91 Å². The van der Waals surface area contributed by atoms with E-state index in [1.807, 2.05) is 24.3 Å². The molecule has 3 aromatic rings. The SMILES string of the molecule is N#Cc1ccccc1Sc1ccccc1C(=O)NCC(O)c1ccc(Cl)cc1. The van der Waals surface area contributed by atoms with Crippen LogP contribution in [0, 0.1) is 11.3 Å². The maximum absolute atomic E-state index is 12.7. The van der Waals surface area contributed by atoms with Crippen LogP contribution in [0.1, 0.15) is 27.6 Å². The third-order valence-electron chi connectivity index (χ3n) is 4.07. The van der Waals surface area contributed by atoms with Crippen LogP contribution in [0.2, 0.25) is 5.02 Å². The largest absolute Gasteiger partial charge is 0.387 e. The highest BCUT2D eigenvalue weighted by molar-refractivity contribution is 7.99. The standard InChI is InChI=1S/C22H17ClN2O2S/c23-17-11-9-15(10-12-17)19(26)14-25-22(27)18-6-2-4-8-21(18)28-20-7-3-1-5-16(20)13-24/h1-12,19,26H,14H2,(H,25,27). The average Bonchev–Trinajstić information content (AvgIpc) is 2.73. The van der Waals surface area contributed by atoms with Gasteiger partial charge in [0.2, 0.25) is 0 Å². The van der Waals surface area contributed by atoms with Crippen molar-refractivity contribution in [3.63, 3.8) is 0 Å². The second kappa shape index (κ2) is 9.43. The minimum Gasteiger partial charge on any atom is -0.387 e. The Labute approximate surface area is 172 Å². The van der Waals surface area contributed by atoms with Crippen LogP contribution < -0.4 is 5.32 Å². The lowest BCUT2D eigenvalue weighted by Gasteiger charge is -2.14. The molecule has 1 amide bonds. The van der Waals surface area contributed by atoms with E-state index in [9.17, 15) is 15.2 Å². The maximum atomic E-state index is 12.7. The number of carbonyl (C=O) groups excluding carboxylic acids is 1. The number of nitrogens with zero attached hydrogens (tertiary/aromatic N) is 1. The van der Waals surface area contributed by atoms with Crippen LogP contribution in [0.3, 0.4) is 0 Å². The lowest BCUT2D eigenvalue weighted by Crippen LogP contribution is -2.28. The number of hydrogen-bond donors (Lipinski definition) is 2. The normalized spacial score (nSPS) is 11.5. The van der Waals surface area contributed by atoms with Crippen molar-refractivity contribution in [2.24, 2.45) is 0 Å². The van der Waals surface area contributed by atoms with Gasteiger partial charge in [-0.1, -0.05) is 59.8 Å². The molecule has 1 atom stereocenters. The number of benzene rings is 3. The third kappa shape index (κ3) is 4.93. The Morgan fingerprint density at radius 1 is 1.04 bits per heavy atom. The van der Waals surface area contributed by atoms with Gasteiger partial charge in [0, 0.05) is 21.4 Å². The molecule has 0 heterocycles. The third-order valence-corrected chi connectivity index (χ3v) is 5.47. The quantitative estimate of drug-likeness (QED) is 0.612. The fourth-order valence-corrected chi connectivity index (χ4v) is 3.75. The Morgan fingerprint density at radius 3 is 2.39 bits per heavy atom. The first kappa shape index (κ1) is 20.0. The molecule has 0 radical (unpaired) electrons. The summed E-state index contributed by atoms with van der Waals surface area (Å²) in [4.78, 5) is 14.2. The van der Waals surface area contributed by atoms with Crippen LogP contribution in [-0.2, 0) is 0 Å². The van der Waals surface area contributed by atoms with E-state index in [4.69, 9.17) is 11.6 Å². The second-order valence-electron chi connectivity index (χ2n) is 5.98. The van der Waals surface area contributed by atoms with Gasteiger partial charge in [-0.25, -0.2) is 0 Å². The zero-order chi connectivity index (χ0) is 19.9. The molecule has 0 saturated heterocycles. The summed E-state index contributed by atoms with van der Waals surface area (Å²) in [6.45, 7) is 0.0776. The zero-order valence-electron chi connectivity index (χ0n) is 14.8. The minimum absolute atomic E-state index is 0.0776. The summed E-state index contributed by atoms with van der Waals surface area (Å²) in [5, 5.41) is 22.9. The summed E-state index contributed by atoms with van der Waals surface area (Å²) in [6, 6.07) is 23.4. The highest BCUT2D eigenvalue weighted by atomic mass is 35.5. The first-order valence-corrected chi connectivity index (χ1v) is 9.75. The molecule has 28 heavy (non-hydrogen) atoms. The smallest absolute Gasteiger partial charge is 0.252 e. The van der Waals surface area contributed by atoms with Crippen LogP contribution in [-0.4, -0.2) is 17.6 Å². The van der Waals surface area contributed by atoms with E-state index < -0.39 is 6.10 Å². The van der Waals surface area contributed by atoms with Gasteiger partial charge in [-0.15, -0.1) is 0 Å². The van der Waals surface area contributed by atoms with Gasteiger partial charge in [0.05, 0.1) is 17.2 Å². The minimum atomic E-state index is -0.833. The van der Waals surface area contributed by atoms with Crippen molar-refractivity contribution in [1.82, 2.24) is 5.32 Å². The van der Waals surface area contributed by atoms with Crippen LogP contribution in [0.5, 0.6) is 0 Å². The molecule has 0 bridgehead atoms. The van der Waals surface area contributed by atoms with Gasteiger partial charge in [-0.3, -0.25) is 4.79 Å². The number of rotatable bonds is 6. The highest BCUT2D eigenvalue weighted by Gasteiger charge is 2.15. The average molecular weight is 409 g/mol. The summed E-state index contributed by atoms with van der Waals surface area (Å²) in [5.41, 5.74) is 1.72. The Kier molecular flexibility index (Phi) is 6.72. The fourth-order valence-electron chi connectivity index (χ4n) is 2.60. The highest BCUT2D eigenvalue weighted by Crippen LogP contribution is 2.32. The number of aliphatic hydroxyl groups excluding tert-OH is 1. The van der Waals surface area contributed by atoms with Crippen molar-refractivity contribution < 1.29 is 9.90 Å². The van der Waals surface area contributed by atoms with Gasteiger partial charge < -0.3 is 10.4 Å². The van der Waals surface area contributed by atoms with E-state index in [2.05, 4.69) is 11.4 Å². The molecule has 6 heteroatoms. The molecule has 0 fully saturated rings. The van der Waals surface area contributed by atoms with Crippen molar-refractivity contribution in [3.05, 3.63) is 94.5 Å². The molecular weight excluding hydrogens is 392 g/mol. The Hall–Kier alpha value is -2.78. The van der Waals surface area contributed by atoms with Gasteiger partial charge in [-0.05, 0) is 42.0 Å². The molecule has 4 nitrogen and oxygen atoms in total. The first-order chi connectivity index (χ1) is 13.6. The van der Waals surface area contributed by atoms with E-state index in [1.165, 1.54) is 11.8 Å². The molecule has 0 aliphatic carbocycles. The number of nitrogens with one attached hydrogen (secondary N) is 1. The van der Waals surface area contributed by atoms with Gasteiger partial charge in [0.1, 0.15) is 6.07 Å². The number of amides is 1. The summed E-state index contributed by atoms with van der Waals surface area (Å²) in [6.07, 6.45) is -0.833. The van der Waals surface area contributed by atoms with Crippen molar-refractivity contribution >= 4 is 29.3 Å². The predicted molar refractivity (Wildman–Crippen MR) is 110 cm³/mol. The number of carbonyl (C=O) groups is 1. The second-order valence-corrected chi connectivity index (χ2v) is 7.50. The topological polar surface area (TPSA) is 73.1 Å². The van der Waals surface area contributed by atoms with Crippen molar-refractivity contribution in [3.8, 4) is 6.07 Å². The van der Waals surface area contributed by atoms with Gasteiger partial charge in [-0.2, -0.15) is 5.26 Å². The Bertz CT molecular complexity index is 1020. The molecule has 0 aromatic heterocycles. The Balaban J connectivity index is 1.72. The van der Waals surface area contributed by atoms with Crippen LogP contribution in [0.25, 0.3) is 0 Å². The Morgan fingerprint density at radius 2 is 1.68 bits per heavy atom. The van der Waals surface area contributed by atoms with Crippen LogP contribution in [0.4, 0.5) is 0 Å². The molecule has 0 aliphatic heterocycles. The summed E-state index contributed by atoms with van der Waals surface area (Å²) in [5.74, 6) is -0.287. The molecule has 1 unspecified atom stereocenters. The molecule has 140 valence electrons. The maximum Gasteiger partial charge on any atom is 0.252 e. The van der Waals surface area contributed by atoms with Gasteiger partial charge >= 0.3 is 0 Å². The molecular formula is C22H17ClN2O2S. The lowest BCUT2D eigenvalue weighted by molar-refractivity contribution is 0.0913. The van der Waals surface area contributed by atoms with Gasteiger partial charge in [0.15, 0.2) is 0 Å². The molecule has 0 spiro atoms. The summed E-state index contributed by atoms with van der Waals surface area (Å²) >= 11 is 7.22. The first-order valence-electron chi connectivity index (χ1n) is 8.56. The number of halogens is 1. The molecule has 0 saturated carbocycles. The zero-order valence-corrected chi connectivity index (χ0v) is 16.4. The summed E-state index contributed by atoms with van der Waals surface area (Å²) < 4.78 is 0. The number of hydrogen-bond acceptors (Lipinski definition) is 4. The molecule has 2 N–H and O–H groups in total. The van der Waals surface area contributed by atoms with E-state index in [0.29, 0.717) is 21.7 Å². The van der Waals surface area contributed by atoms with E-state index in [1.54, 1.807) is 48.5 Å². The predicted octanol–water partition coefficient (Wildman–Crippen LogP) is 4.83. The lowest BCUT2D eigenvalue weighted by atomic mass is 10.1. The van der Waals surface area contributed by atoms with Crippen molar-refractivity contribution in [1.29, 1.82) is 5.26 Å². The fraction of sp³-hybridized carbons (Fsp3) is 0.0909. The molecule has 3 rings (SSSR count). The summed E-state index contributed by atoms with van der Waals surface area (Å²) in [7, 11) is 0. The number of aliphatic hydroxyl groups is 1. The molecule has 0 aliphatic rings.